The van der Waals surface area contributed by atoms with E-state index in [2.05, 4.69) is 228 Å². The molecule has 14 rings (SSSR count). The average Bonchev–Trinajstić information content (AvgIpc) is 3.88. The molecule has 1 aliphatic carbocycles. The topological polar surface area (TPSA) is 17.4 Å². The summed E-state index contributed by atoms with van der Waals surface area (Å²) < 4.78 is 12.0. The molecule has 4 heteroatoms. The lowest BCUT2D eigenvalue weighted by Crippen LogP contribution is -2.36. The fourth-order valence-corrected chi connectivity index (χ4v) is 12.2. The molecule has 0 saturated heterocycles. The first kappa shape index (κ1) is 34.8. The lowest BCUT2D eigenvalue weighted by molar-refractivity contribution is 0.435. The molecule has 1 spiro atoms. The number of hydrogen-bond donors (Lipinski definition) is 0. The fraction of sp³-hybridized carbons (Fsp3) is 0.0169. The van der Waals surface area contributed by atoms with Crippen LogP contribution in [0.1, 0.15) is 22.3 Å². The smallest absolute Gasteiger partial charge is 0.132 e. The van der Waals surface area contributed by atoms with E-state index < -0.39 is 5.41 Å². The van der Waals surface area contributed by atoms with Gasteiger partial charge < -0.3 is 14.2 Å². The van der Waals surface area contributed by atoms with Crippen molar-refractivity contribution in [1.82, 2.24) is 4.57 Å². The molecule has 3 nitrogen and oxygen atoms in total. The van der Waals surface area contributed by atoms with Crippen LogP contribution in [0.5, 0.6) is 11.5 Å². The number of thiophene rings is 1. The standard InChI is InChI=1S/C59H36N2OS/c1-2-16-38(17-3-1)60(39-28-31-53-46(34-39)43-19-5-9-25-52(43)61(53)40-30-33-57-47(35-40)44-20-6-11-27-56(44)63-57)41-29-32-55-51(36-41)59(49-23-8-10-26-54(49)62-55)48-22-7-4-18-42(48)45-21-12-14-37-15-13-24-50(59)58(37)45/h1-36H. The first-order chi connectivity index (χ1) is 31.2. The molecular formula is C59H36N2OS. The van der Waals surface area contributed by atoms with E-state index in [4.69, 9.17) is 4.74 Å². The maximum atomic E-state index is 6.93. The second-order valence-corrected chi connectivity index (χ2v) is 17.9. The molecule has 0 saturated carbocycles. The number of anilines is 3. The van der Waals surface area contributed by atoms with Gasteiger partial charge in [-0.15, -0.1) is 11.3 Å². The van der Waals surface area contributed by atoms with Gasteiger partial charge in [0.15, 0.2) is 0 Å². The Morgan fingerprint density at radius 3 is 1.98 bits per heavy atom. The second-order valence-electron chi connectivity index (χ2n) is 16.8. The van der Waals surface area contributed by atoms with Crippen molar-refractivity contribution < 1.29 is 4.74 Å². The molecule has 0 fully saturated rings. The van der Waals surface area contributed by atoms with Gasteiger partial charge in [0.25, 0.3) is 0 Å². The van der Waals surface area contributed by atoms with E-state index in [1.54, 1.807) is 0 Å². The Balaban J connectivity index is 1.01. The number of benzene rings is 10. The minimum atomic E-state index is -0.640. The van der Waals surface area contributed by atoms with E-state index in [1.807, 2.05) is 11.3 Å². The van der Waals surface area contributed by atoms with Crippen molar-refractivity contribution in [2.24, 2.45) is 0 Å². The van der Waals surface area contributed by atoms with Crippen LogP contribution in [0.4, 0.5) is 17.1 Å². The average molecular weight is 821 g/mol. The van der Waals surface area contributed by atoms with E-state index in [1.165, 1.54) is 75.0 Å². The van der Waals surface area contributed by atoms with Crippen molar-refractivity contribution in [1.29, 1.82) is 0 Å². The van der Waals surface area contributed by atoms with Gasteiger partial charge in [-0.25, -0.2) is 0 Å². The molecule has 0 N–H and O–H groups in total. The Kier molecular flexibility index (Phi) is 7.20. The van der Waals surface area contributed by atoms with Gasteiger partial charge in [-0.2, -0.15) is 0 Å². The normalized spacial score (nSPS) is 14.9. The molecule has 0 radical (unpaired) electrons. The zero-order valence-corrected chi connectivity index (χ0v) is 34.8. The largest absolute Gasteiger partial charge is 0.457 e. The summed E-state index contributed by atoms with van der Waals surface area (Å²) >= 11 is 1.86. The second kappa shape index (κ2) is 13.0. The van der Waals surface area contributed by atoms with Crippen molar-refractivity contribution in [3.8, 4) is 28.3 Å². The van der Waals surface area contributed by atoms with Crippen molar-refractivity contribution in [2.75, 3.05) is 4.90 Å². The maximum absolute atomic E-state index is 6.93. The molecule has 1 unspecified atom stereocenters. The zero-order chi connectivity index (χ0) is 41.2. The Morgan fingerprint density at radius 1 is 0.397 bits per heavy atom. The van der Waals surface area contributed by atoms with Crippen LogP contribution in [0.2, 0.25) is 0 Å². The summed E-state index contributed by atoms with van der Waals surface area (Å²) in [5.74, 6) is 1.75. The predicted molar refractivity (Wildman–Crippen MR) is 263 cm³/mol. The Hall–Kier alpha value is -7.92. The van der Waals surface area contributed by atoms with E-state index in [-0.39, 0.29) is 0 Å². The highest BCUT2D eigenvalue weighted by Gasteiger charge is 2.49. The van der Waals surface area contributed by atoms with Gasteiger partial charge in [-0.3, -0.25) is 0 Å². The highest BCUT2D eigenvalue weighted by molar-refractivity contribution is 7.25. The minimum absolute atomic E-state index is 0.640. The summed E-state index contributed by atoms with van der Waals surface area (Å²) in [6.45, 7) is 0. The molecule has 0 bridgehead atoms. The summed E-state index contributed by atoms with van der Waals surface area (Å²) in [4.78, 5) is 2.41. The summed E-state index contributed by atoms with van der Waals surface area (Å²) in [5, 5.41) is 7.55. The monoisotopic (exact) mass is 820 g/mol. The van der Waals surface area contributed by atoms with Crippen LogP contribution in [0.15, 0.2) is 218 Å². The highest BCUT2D eigenvalue weighted by atomic mass is 32.1. The van der Waals surface area contributed by atoms with Crippen LogP contribution < -0.4 is 9.64 Å². The van der Waals surface area contributed by atoms with Gasteiger partial charge in [0.05, 0.1) is 16.4 Å². The van der Waals surface area contributed by atoms with E-state index in [0.29, 0.717) is 0 Å². The molecule has 12 aromatic rings. The number of aromatic nitrogens is 1. The third-order valence-electron chi connectivity index (χ3n) is 13.6. The molecule has 0 amide bonds. The Morgan fingerprint density at radius 2 is 1.06 bits per heavy atom. The summed E-state index contributed by atoms with van der Waals surface area (Å²) in [5.41, 5.74) is 13.4. The molecule has 2 aromatic heterocycles. The Labute approximate surface area is 367 Å². The number of rotatable bonds is 4. The van der Waals surface area contributed by atoms with Crippen LogP contribution in [0, 0.1) is 0 Å². The van der Waals surface area contributed by atoms with E-state index in [0.717, 1.165) is 45.4 Å². The lowest BCUT2D eigenvalue weighted by atomic mass is 9.58. The maximum Gasteiger partial charge on any atom is 0.132 e. The van der Waals surface area contributed by atoms with Gasteiger partial charge in [-0.1, -0.05) is 133 Å². The number of para-hydroxylation sites is 3. The molecule has 1 atom stereocenters. The number of ether oxygens (including phenoxy) is 1. The van der Waals surface area contributed by atoms with Crippen molar-refractivity contribution in [2.45, 2.75) is 5.41 Å². The van der Waals surface area contributed by atoms with Gasteiger partial charge in [0, 0.05) is 64.8 Å². The van der Waals surface area contributed by atoms with Gasteiger partial charge in [0.1, 0.15) is 11.5 Å². The molecule has 10 aromatic carbocycles. The van der Waals surface area contributed by atoms with Crippen LogP contribution in [-0.2, 0) is 5.41 Å². The first-order valence-corrected chi connectivity index (χ1v) is 22.4. The van der Waals surface area contributed by atoms with Gasteiger partial charge >= 0.3 is 0 Å². The quantitative estimate of drug-likeness (QED) is 0.176. The SMILES string of the molecule is c1ccc(N(c2ccc3c(c2)C2(c4ccccc4O3)c3ccccc3-c3cccc4cccc2c34)c2ccc3c(c2)c2ccccc2n3-c2ccc3sc4ccccc4c3c2)cc1. The third kappa shape index (κ3) is 4.79. The van der Waals surface area contributed by atoms with Crippen molar-refractivity contribution in [3.05, 3.63) is 241 Å². The molecule has 2 aliphatic rings. The number of fused-ring (bicyclic) bond motifs is 14. The summed E-state index contributed by atoms with van der Waals surface area (Å²) in [6.07, 6.45) is 0. The van der Waals surface area contributed by atoms with Crippen LogP contribution in [-0.4, -0.2) is 4.57 Å². The summed E-state index contributed by atoms with van der Waals surface area (Å²) in [6, 6.07) is 80.3. The van der Waals surface area contributed by atoms with Crippen molar-refractivity contribution >= 4 is 81.1 Å². The number of hydrogen-bond acceptors (Lipinski definition) is 3. The molecule has 3 heterocycles. The molecule has 1 aliphatic heterocycles. The molecule has 294 valence electrons. The van der Waals surface area contributed by atoms with Crippen LogP contribution in [0.3, 0.4) is 0 Å². The molecular weight excluding hydrogens is 785 g/mol. The molecule has 63 heavy (non-hydrogen) atoms. The van der Waals surface area contributed by atoms with Crippen molar-refractivity contribution in [3.63, 3.8) is 0 Å². The fourth-order valence-electron chi connectivity index (χ4n) is 11.1. The van der Waals surface area contributed by atoms with E-state index in [9.17, 15) is 0 Å². The third-order valence-corrected chi connectivity index (χ3v) is 14.8. The van der Waals surface area contributed by atoms with Gasteiger partial charge in [-0.05, 0) is 118 Å². The van der Waals surface area contributed by atoms with Gasteiger partial charge in [0.2, 0.25) is 0 Å². The first-order valence-electron chi connectivity index (χ1n) is 21.6. The van der Waals surface area contributed by atoms with Crippen LogP contribution >= 0.6 is 11.3 Å². The van der Waals surface area contributed by atoms with Crippen LogP contribution in [0.25, 0.3) is 69.6 Å². The zero-order valence-electron chi connectivity index (χ0n) is 34.0. The predicted octanol–water partition coefficient (Wildman–Crippen LogP) is 16.2. The van der Waals surface area contributed by atoms with E-state index >= 15 is 0 Å². The summed E-state index contributed by atoms with van der Waals surface area (Å²) in [7, 11) is 0. The lowest BCUT2D eigenvalue weighted by Gasteiger charge is -2.45. The Bertz CT molecular complexity index is 3860. The number of nitrogens with zero attached hydrogens (tertiary/aromatic N) is 2. The minimum Gasteiger partial charge on any atom is -0.457 e. The highest BCUT2D eigenvalue weighted by Crippen LogP contribution is 2.62.